The largest absolute Gasteiger partial charge is 0.481 e. The lowest BCUT2D eigenvalue weighted by molar-refractivity contribution is -0.137. The van der Waals surface area contributed by atoms with E-state index < -0.39 is 17.6 Å². The summed E-state index contributed by atoms with van der Waals surface area (Å²) < 4.78 is 47.8. The Labute approximate surface area is 156 Å². The lowest BCUT2D eigenvalue weighted by atomic mass is 10.3. The Bertz CT molecular complexity index is 805. The number of hydrogen-bond acceptors (Lipinski definition) is 6. The fraction of sp³-hybridized carbons (Fsp3) is 0.267. The van der Waals surface area contributed by atoms with Gasteiger partial charge in [-0.05, 0) is 12.1 Å². The molecule has 11 heteroatoms. The number of carbonyl (C=O) groups excluding carboxylic acids is 1. The molecule has 26 heavy (non-hydrogen) atoms. The number of anilines is 1. The van der Waals surface area contributed by atoms with Crippen LogP contribution in [0.3, 0.4) is 0 Å². The number of amides is 1. The van der Waals surface area contributed by atoms with Crippen molar-refractivity contribution in [1.29, 1.82) is 0 Å². The zero-order chi connectivity index (χ0) is 19.3. The van der Waals surface area contributed by atoms with Crippen LogP contribution in [0.15, 0.2) is 29.4 Å². The summed E-state index contributed by atoms with van der Waals surface area (Å²) >= 11 is 6.71. The molecule has 2 aromatic heterocycles. The first-order valence-corrected chi connectivity index (χ1v) is 8.35. The van der Waals surface area contributed by atoms with Crippen molar-refractivity contribution in [1.82, 2.24) is 9.97 Å². The summed E-state index contributed by atoms with van der Waals surface area (Å²) in [6, 6.07) is 3.86. The van der Waals surface area contributed by atoms with E-state index in [1.807, 2.05) is 0 Å². The lowest BCUT2D eigenvalue weighted by Gasteiger charge is -2.11. The van der Waals surface area contributed by atoms with Crippen LogP contribution in [0.5, 0.6) is 11.8 Å². The molecule has 0 spiro atoms. The van der Waals surface area contributed by atoms with Gasteiger partial charge in [0.15, 0.2) is 0 Å². The van der Waals surface area contributed by atoms with Gasteiger partial charge in [-0.1, -0.05) is 23.4 Å². The van der Waals surface area contributed by atoms with Gasteiger partial charge in [-0.25, -0.2) is 4.98 Å². The van der Waals surface area contributed by atoms with E-state index in [4.69, 9.17) is 21.1 Å². The number of alkyl halides is 3. The molecule has 0 aliphatic carbocycles. The third-order valence-corrected chi connectivity index (χ3v) is 4.39. The quantitative estimate of drug-likeness (QED) is 0.732. The molecule has 1 amide bonds. The fourth-order valence-corrected chi connectivity index (χ4v) is 2.79. The maximum absolute atomic E-state index is 12.6. The molecule has 6 nitrogen and oxygen atoms in total. The molecule has 0 atom stereocenters. The van der Waals surface area contributed by atoms with E-state index in [0.29, 0.717) is 17.8 Å². The number of pyridine rings is 2. The summed E-state index contributed by atoms with van der Waals surface area (Å²) in [6.45, 7) is 0. The highest BCUT2D eigenvalue weighted by atomic mass is 35.5. The normalized spacial score (nSPS) is 11.2. The minimum atomic E-state index is -4.53. The van der Waals surface area contributed by atoms with Crippen molar-refractivity contribution in [3.05, 3.63) is 35.0 Å². The Balaban J connectivity index is 2.01. The van der Waals surface area contributed by atoms with Crippen molar-refractivity contribution < 1.29 is 27.4 Å². The zero-order valence-corrected chi connectivity index (χ0v) is 15.1. The predicted molar refractivity (Wildman–Crippen MR) is 90.9 cm³/mol. The first-order valence-electron chi connectivity index (χ1n) is 6.99. The number of ether oxygens (including phenoxy) is 2. The van der Waals surface area contributed by atoms with Crippen molar-refractivity contribution in [2.45, 2.75) is 11.2 Å². The van der Waals surface area contributed by atoms with Gasteiger partial charge in [0.2, 0.25) is 17.7 Å². The van der Waals surface area contributed by atoms with Crippen LogP contribution < -0.4 is 14.8 Å². The van der Waals surface area contributed by atoms with Gasteiger partial charge >= 0.3 is 6.18 Å². The third kappa shape index (κ3) is 5.15. The topological polar surface area (TPSA) is 73.3 Å². The van der Waals surface area contributed by atoms with E-state index in [1.165, 1.54) is 14.2 Å². The summed E-state index contributed by atoms with van der Waals surface area (Å²) in [5.41, 5.74) is -0.629. The van der Waals surface area contributed by atoms with Gasteiger partial charge in [0.25, 0.3) is 0 Å². The predicted octanol–water partition coefficient (Wildman–Crippen LogP) is 3.90. The van der Waals surface area contributed by atoms with Crippen molar-refractivity contribution in [2.24, 2.45) is 0 Å². The molecule has 2 heterocycles. The van der Waals surface area contributed by atoms with Crippen LogP contribution in [0.1, 0.15) is 5.56 Å². The number of nitrogens with zero attached hydrogens (tertiary/aromatic N) is 2. The number of aromatic nitrogens is 2. The van der Waals surface area contributed by atoms with Crippen molar-refractivity contribution in [2.75, 3.05) is 25.3 Å². The van der Waals surface area contributed by atoms with Crippen LogP contribution >= 0.6 is 23.4 Å². The van der Waals surface area contributed by atoms with Gasteiger partial charge in [0.1, 0.15) is 10.7 Å². The van der Waals surface area contributed by atoms with Gasteiger partial charge in [0, 0.05) is 12.3 Å². The standard InChI is InChI=1S/C15H13ClF3N3O3S/c1-24-12-4-3-10(13(22-12)25-2)21-11(23)7-26-14-9(16)5-8(6-20-14)15(17,18)19/h3-6H,7H2,1-2H3,(H,21,23). The summed E-state index contributed by atoms with van der Waals surface area (Å²) in [6.07, 6.45) is -3.86. The van der Waals surface area contributed by atoms with Crippen molar-refractivity contribution in [3.63, 3.8) is 0 Å². The number of carbonyl (C=O) groups is 1. The van der Waals surface area contributed by atoms with E-state index in [0.717, 1.165) is 17.8 Å². The Morgan fingerprint density at radius 2 is 2.04 bits per heavy atom. The average molecular weight is 408 g/mol. The Kier molecular flexibility index (Phi) is 6.54. The average Bonchev–Trinajstić information content (AvgIpc) is 2.60. The number of thioether (sulfide) groups is 1. The van der Waals surface area contributed by atoms with Crippen molar-refractivity contribution >= 4 is 35.0 Å². The molecule has 1 N–H and O–H groups in total. The Hall–Kier alpha value is -2.20. The van der Waals surface area contributed by atoms with Crippen LogP contribution in [0.25, 0.3) is 0 Å². The van der Waals surface area contributed by atoms with Crippen LogP contribution in [-0.4, -0.2) is 35.8 Å². The molecule has 0 bridgehead atoms. The number of methoxy groups -OCH3 is 2. The third-order valence-electron chi connectivity index (χ3n) is 2.99. The van der Waals surface area contributed by atoms with Gasteiger partial charge in [0.05, 0.1) is 30.6 Å². The van der Waals surface area contributed by atoms with Crippen LogP contribution in [0.2, 0.25) is 5.02 Å². The summed E-state index contributed by atoms with van der Waals surface area (Å²) in [5, 5.41) is 2.53. The molecule has 0 aliphatic heterocycles. The highest BCUT2D eigenvalue weighted by molar-refractivity contribution is 8.00. The molecule has 140 valence electrons. The smallest absolute Gasteiger partial charge is 0.417 e. The summed E-state index contributed by atoms with van der Waals surface area (Å²) in [5.74, 6) is -0.0748. The number of hydrogen-bond donors (Lipinski definition) is 1. The SMILES string of the molecule is COc1ccc(NC(=O)CSc2ncc(C(F)(F)F)cc2Cl)c(OC)n1. The molecule has 0 saturated carbocycles. The summed E-state index contributed by atoms with van der Waals surface area (Å²) in [4.78, 5) is 19.7. The fourth-order valence-electron chi connectivity index (χ4n) is 1.79. The van der Waals surface area contributed by atoms with E-state index >= 15 is 0 Å². The molecular weight excluding hydrogens is 395 g/mol. The maximum atomic E-state index is 12.6. The molecule has 0 fully saturated rings. The van der Waals surface area contributed by atoms with E-state index in [2.05, 4.69) is 15.3 Å². The molecule has 2 aromatic rings. The first-order chi connectivity index (χ1) is 12.2. The van der Waals surface area contributed by atoms with E-state index in [1.54, 1.807) is 12.1 Å². The second-order valence-electron chi connectivity index (χ2n) is 4.76. The van der Waals surface area contributed by atoms with Crippen LogP contribution in [-0.2, 0) is 11.0 Å². The molecule has 0 radical (unpaired) electrons. The maximum Gasteiger partial charge on any atom is 0.417 e. The molecule has 0 aromatic carbocycles. The van der Waals surface area contributed by atoms with E-state index in [9.17, 15) is 18.0 Å². The molecule has 2 rings (SSSR count). The highest BCUT2D eigenvalue weighted by Crippen LogP contribution is 2.33. The lowest BCUT2D eigenvalue weighted by Crippen LogP contribution is -2.15. The second-order valence-corrected chi connectivity index (χ2v) is 6.13. The highest BCUT2D eigenvalue weighted by Gasteiger charge is 2.31. The Morgan fingerprint density at radius 3 is 2.62 bits per heavy atom. The van der Waals surface area contributed by atoms with Gasteiger partial charge in [-0.15, -0.1) is 0 Å². The Morgan fingerprint density at radius 1 is 1.31 bits per heavy atom. The number of halogens is 4. The number of nitrogens with one attached hydrogen (secondary N) is 1. The second kappa shape index (κ2) is 8.45. The minimum Gasteiger partial charge on any atom is -0.481 e. The molecule has 0 saturated heterocycles. The minimum absolute atomic E-state index is 0.118. The van der Waals surface area contributed by atoms with Gasteiger partial charge < -0.3 is 14.8 Å². The van der Waals surface area contributed by atoms with Gasteiger partial charge in [-0.2, -0.15) is 18.2 Å². The number of rotatable bonds is 6. The van der Waals surface area contributed by atoms with Crippen LogP contribution in [0, 0.1) is 0 Å². The van der Waals surface area contributed by atoms with E-state index in [-0.39, 0.29) is 21.7 Å². The molecular formula is C15H13ClF3N3O3S. The summed E-state index contributed by atoms with van der Waals surface area (Å²) in [7, 11) is 2.83. The monoisotopic (exact) mass is 407 g/mol. The first kappa shape index (κ1) is 20.1. The van der Waals surface area contributed by atoms with Crippen molar-refractivity contribution in [3.8, 4) is 11.8 Å². The van der Waals surface area contributed by atoms with Gasteiger partial charge in [-0.3, -0.25) is 4.79 Å². The molecule has 0 aliphatic rings. The molecule has 0 unspecified atom stereocenters. The zero-order valence-electron chi connectivity index (χ0n) is 13.6. The van der Waals surface area contributed by atoms with Crippen LogP contribution in [0.4, 0.5) is 18.9 Å².